The Hall–Kier alpha value is -2.29. The topological polar surface area (TPSA) is 44.6 Å². The Bertz CT molecular complexity index is 617. The number of phenols is 1. The van der Waals surface area contributed by atoms with Crippen LogP contribution in [0.15, 0.2) is 53.6 Å². The van der Waals surface area contributed by atoms with Crippen molar-refractivity contribution in [1.82, 2.24) is 5.43 Å². The summed E-state index contributed by atoms with van der Waals surface area (Å²) < 4.78 is 0. The average molecular weight is 252 g/mol. The van der Waals surface area contributed by atoms with Crippen molar-refractivity contribution in [2.75, 3.05) is 0 Å². The van der Waals surface area contributed by atoms with Gasteiger partial charge in [-0.25, -0.2) is 0 Å². The van der Waals surface area contributed by atoms with Crippen LogP contribution in [0.25, 0.3) is 0 Å². The number of hydrogen-bond acceptors (Lipinski definition) is 3. The van der Waals surface area contributed by atoms with Gasteiger partial charge in [0.25, 0.3) is 0 Å². The monoisotopic (exact) mass is 252 g/mol. The predicted octanol–water partition coefficient (Wildman–Crippen LogP) is 3.14. The van der Waals surface area contributed by atoms with Crippen molar-refractivity contribution in [3.63, 3.8) is 0 Å². The van der Waals surface area contributed by atoms with E-state index in [-0.39, 0.29) is 11.8 Å². The molecule has 0 bridgehead atoms. The molecule has 96 valence electrons. The standard InChI is InChI=1S/C16H16N2O/c1-11-6-8-12(9-7-11)14-10-15(18-17-14)13-4-2-3-5-16(13)19/h2-9,14,17,19H,10H2,1H3. The molecule has 3 nitrogen and oxygen atoms in total. The normalized spacial score (nSPS) is 17.9. The molecule has 19 heavy (non-hydrogen) atoms. The van der Waals surface area contributed by atoms with Crippen LogP contribution in [0.1, 0.15) is 29.2 Å². The number of aromatic hydroxyl groups is 1. The fourth-order valence-corrected chi connectivity index (χ4v) is 2.32. The van der Waals surface area contributed by atoms with E-state index in [2.05, 4.69) is 41.7 Å². The summed E-state index contributed by atoms with van der Waals surface area (Å²) in [5.41, 5.74) is 7.34. The van der Waals surface area contributed by atoms with Gasteiger partial charge >= 0.3 is 0 Å². The van der Waals surface area contributed by atoms with Gasteiger partial charge in [-0.15, -0.1) is 0 Å². The molecule has 0 saturated carbocycles. The zero-order chi connectivity index (χ0) is 13.2. The van der Waals surface area contributed by atoms with E-state index in [4.69, 9.17) is 0 Å². The second-order valence-corrected chi connectivity index (χ2v) is 4.87. The van der Waals surface area contributed by atoms with Crippen LogP contribution in [-0.2, 0) is 0 Å². The summed E-state index contributed by atoms with van der Waals surface area (Å²) in [5.74, 6) is 0.285. The van der Waals surface area contributed by atoms with E-state index in [1.54, 1.807) is 6.07 Å². The second kappa shape index (κ2) is 4.76. The fraction of sp³-hybridized carbons (Fsp3) is 0.188. The number of nitrogens with one attached hydrogen (secondary N) is 1. The Balaban J connectivity index is 1.80. The Morgan fingerprint density at radius 1 is 1.11 bits per heavy atom. The van der Waals surface area contributed by atoms with Gasteiger partial charge in [-0.2, -0.15) is 5.10 Å². The number of nitrogens with zero attached hydrogens (tertiary/aromatic N) is 1. The van der Waals surface area contributed by atoms with Crippen LogP contribution in [-0.4, -0.2) is 10.8 Å². The highest BCUT2D eigenvalue weighted by Crippen LogP contribution is 2.27. The lowest BCUT2D eigenvalue weighted by atomic mass is 9.98. The fourth-order valence-electron chi connectivity index (χ4n) is 2.32. The van der Waals surface area contributed by atoms with Crippen LogP contribution >= 0.6 is 0 Å². The van der Waals surface area contributed by atoms with Crippen LogP contribution in [0, 0.1) is 6.92 Å². The van der Waals surface area contributed by atoms with E-state index < -0.39 is 0 Å². The molecule has 2 aromatic carbocycles. The first-order chi connectivity index (χ1) is 9.24. The lowest BCUT2D eigenvalue weighted by Gasteiger charge is -2.10. The van der Waals surface area contributed by atoms with Gasteiger partial charge < -0.3 is 10.5 Å². The summed E-state index contributed by atoms with van der Waals surface area (Å²) in [4.78, 5) is 0. The zero-order valence-electron chi connectivity index (χ0n) is 10.8. The molecule has 0 fully saturated rings. The quantitative estimate of drug-likeness (QED) is 0.862. The van der Waals surface area contributed by atoms with Crippen molar-refractivity contribution >= 4 is 5.71 Å². The first-order valence-electron chi connectivity index (χ1n) is 6.41. The molecule has 2 N–H and O–H groups in total. The minimum atomic E-state index is 0.190. The van der Waals surface area contributed by atoms with Crippen LogP contribution in [0.5, 0.6) is 5.75 Å². The lowest BCUT2D eigenvalue weighted by molar-refractivity contribution is 0.474. The maximum absolute atomic E-state index is 9.86. The first-order valence-corrected chi connectivity index (χ1v) is 6.41. The van der Waals surface area contributed by atoms with Crippen molar-refractivity contribution in [3.05, 3.63) is 65.2 Å². The van der Waals surface area contributed by atoms with Crippen molar-refractivity contribution in [2.24, 2.45) is 5.10 Å². The molecular weight excluding hydrogens is 236 g/mol. The molecule has 3 rings (SSSR count). The minimum Gasteiger partial charge on any atom is -0.507 e. The summed E-state index contributed by atoms with van der Waals surface area (Å²) in [5, 5.41) is 14.2. The molecule has 1 atom stereocenters. The molecule has 0 aliphatic carbocycles. The minimum absolute atomic E-state index is 0.190. The molecule has 2 aromatic rings. The molecule has 3 heteroatoms. The summed E-state index contributed by atoms with van der Waals surface area (Å²) in [6.07, 6.45) is 0.792. The lowest BCUT2D eigenvalue weighted by Crippen LogP contribution is -2.09. The van der Waals surface area contributed by atoms with Gasteiger partial charge in [-0.3, -0.25) is 0 Å². The first kappa shape index (κ1) is 11.8. The van der Waals surface area contributed by atoms with Gasteiger partial charge in [-0.1, -0.05) is 42.0 Å². The summed E-state index contributed by atoms with van der Waals surface area (Å²) >= 11 is 0. The van der Waals surface area contributed by atoms with Crippen LogP contribution < -0.4 is 5.43 Å². The van der Waals surface area contributed by atoms with Crippen LogP contribution in [0.4, 0.5) is 0 Å². The Morgan fingerprint density at radius 2 is 1.84 bits per heavy atom. The number of hydrazone groups is 1. The Labute approximate surface area is 112 Å². The van der Waals surface area contributed by atoms with Crippen LogP contribution in [0.3, 0.4) is 0 Å². The highest BCUT2D eigenvalue weighted by molar-refractivity contribution is 6.03. The molecule has 1 unspecified atom stereocenters. The van der Waals surface area contributed by atoms with Crippen molar-refractivity contribution in [2.45, 2.75) is 19.4 Å². The molecule has 0 aromatic heterocycles. The largest absolute Gasteiger partial charge is 0.507 e. The van der Waals surface area contributed by atoms with Crippen molar-refractivity contribution < 1.29 is 5.11 Å². The van der Waals surface area contributed by atoms with E-state index >= 15 is 0 Å². The van der Waals surface area contributed by atoms with E-state index in [9.17, 15) is 5.11 Å². The Kier molecular flexibility index (Phi) is 2.95. The molecule has 1 heterocycles. The number of aryl methyl sites for hydroxylation is 1. The number of phenolic OH excluding ortho intramolecular Hbond substituents is 1. The smallest absolute Gasteiger partial charge is 0.124 e. The van der Waals surface area contributed by atoms with Crippen molar-refractivity contribution in [1.29, 1.82) is 0 Å². The summed E-state index contributed by atoms with van der Waals surface area (Å²) in [7, 11) is 0. The number of hydrogen-bond donors (Lipinski definition) is 2. The number of rotatable bonds is 2. The molecular formula is C16H16N2O. The average Bonchev–Trinajstić information content (AvgIpc) is 2.89. The number of para-hydroxylation sites is 1. The predicted molar refractivity (Wildman–Crippen MR) is 76.3 cm³/mol. The molecule has 1 aliphatic heterocycles. The maximum atomic E-state index is 9.86. The third kappa shape index (κ3) is 2.32. The third-order valence-electron chi connectivity index (χ3n) is 3.45. The maximum Gasteiger partial charge on any atom is 0.124 e. The van der Waals surface area contributed by atoms with Gasteiger partial charge in [0.2, 0.25) is 0 Å². The van der Waals surface area contributed by atoms with Crippen LogP contribution in [0.2, 0.25) is 0 Å². The zero-order valence-corrected chi connectivity index (χ0v) is 10.8. The van der Waals surface area contributed by atoms with Gasteiger partial charge in [0.05, 0.1) is 11.8 Å². The van der Waals surface area contributed by atoms with Gasteiger partial charge in [0.1, 0.15) is 5.75 Å². The van der Waals surface area contributed by atoms with Gasteiger partial charge in [0, 0.05) is 12.0 Å². The van der Waals surface area contributed by atoms with Crippen molar-refractivity contribution in [3.8, 4) is 5.75 Å². The Morgan fingerprint density at radius 3 is 2.58 bits per heavy atom. The summed E-state index contributed by atoms with van der Waals surface area (Å²) in [6.45, 7) is 2.08. The van der Waals surface area contributed by atoms with Gasteiger partial charge in [0.15, 0.2) is 0 Å². The molecule has 0 amide bonds. The third-order valence-corrected chi connectivity index (χ3v) is 3.45. The van der Waals surface area contributed by atoms with E-state index in [1.165, 1.54) is 11.1 Å². The molecule has 0 spiro atoms. The number of benzene rings is 2. The molecule has 1 aliphatic rings. The van der Waals surface area contributed by atoms with E-state index in [0.717, 1.165) is 17.7 Å². The van der Waals surface area contributed by atoms with Gasteiger partial charge in [-0.05, 0) is 24.6 Å². The molecule has 0 radical (unpaired) electrons. The highest BCUT2D eigenvalue weighted by Gasteiger charge is 2.22. The summed E-state index contributed by atoms with van der Waals surface area (Å²) in [6, 6.07) is 16.0. The van der Waals surface area contributed by atoms with E-state index in [0.29, 0.717) is 0 Å². The SMILES string of the molecule is Cc1ccc(C2CC(c3ccccc3O)=NN2)cc1. The highest BCUT2D eigenvalue weighted by atomic mass is 16.3. The second-order valence-electron chi connectivity index (χ2n) is 4.87. The molecule has 0 saturated heterocycles. The van der Waals surface area contributed by atoms with E-state index in [1.807, 2.05) is 18.2 Å².